The monoisotopic (exact) mass is 329 g/mol. The molecule has 0 radical (unpaired) electrons. The number of primary amides is 1. The number of aromatic nitrogens is 3. The third kappa shape index (κ3) is 3.79. The molecule has 2 heterocycles. The zero-order chi connectivity index (χ0) is 17.9. The van der Waals surface area contributed by atoms with Crippen molar-refractivity contribution in [2.75, 3.05) is 0 Å². The quantitative estimate of drug-likeness (QED) is 0.838. The Morgan fingerprint density at radius 2 is 2.04 bits per heavy atom. The van der Waals surface area contributed by atoms with E-state index in [1.54, 1.807) is 16.8 Å². The maximum atomic E-state index is 12.3. The number of carbonyl (C=O) groups is 2. The van der Waals surface area contributed by atoms with Gasteiger partial charge in [-0.2, -0.15) is 5.10 Å². The summed E-state index contributed by atoms with van der Waals surface area (Å²) in [5.74, 6) is -0.310. The van der Waals surface area contributed by atoms with Crippen LogP contribution >= 0.6 is 0 Å². The summed E-state index contributed by atoms with van der Waals surface area (Å²) in [4.78, 5) is 28.1. The number of nitrogens with one attached hydrogen (secondary N) is 1. The van der Waals surface area contributed by atoms with Crippen molar-refractivity contribution in [3.8, 4) is 5.82 Å². The first kappa shape index (κ1) is 17.7. The highest BCUT2D eigenvalue weighted by Gasteiger charge is 2.24. The Hall–Kier alpha value is -2.70. The van der Waals surface area contributed by atoms with Gasteiger partial charge < -0.3 is 11.1 Å². The number of aryl methyl sites for hydroxylation is 2. The molecular formula is C17H23N5O2. The van der Waals surface area contributed by atoms with Crippen molar-refractivity contribution in [1.82, 2.24) is 20.1 Å². The van der Waals surface area contributed by atoms with Crippen LogP contribution in [0.25, 0.3) is 5.82 Å². The lowest BCUT2D eigenvalue weighted by atomic mass is 9.98. The number of hydrogen-bond donors (Lipinski definition) is 2. The van der Waals surface area contributed by atoms with Gasteiger partial charge in [0, 0.05) is 11.9 Å². The van der Waals surface area contributed by atoms with Gasteiger partial charge in [-0.15, -0.1) is 0 Å². The third-order valence-corrected chi connectivity index (χ3v) is 4.04. The van der Waals surface area contributed by atoms with Crippen molar-refractivity contribution in [2.45, 2.75) is 40.2 Å². The molecule has 0 aliphatic heterocycles. The zero-order valence-electron chi connectivity index (χ0n) is 14.4. The molecule has 3 N–H and O–H groups in total. The van der Waals surface area contributed by atoms with Crippen LogP contribution in [0.15, 0.2) is 24.4 Å². The minimum atomic E-state index is -0.696. The van der Waals surface area contributed by atoms with Crippen molar-refractivity contribution in [2.24, 2.45) is 11.7 Å². The van der Waals surface area contributed by atoms with Crippen LogP contribution < -0.4 is 11.1 Å². The Kier molecular flexibility index (Phi) is 5.33. The second-order valence-electron chi connectivity index (χ2n) is 5.98. The summed E-state index contributed by atoms with van der Waals surface area (Å²) in [5, 5.41) is 7.04. The van der Waals surface area contributed by atoms with E-state index >= 15 is 0 Å². The fraction of sp³-hybridized carbons (Fsp3) is 0.412. The average Bonchev–Trinajstić information content (AvgIpc) is 2.90. The van der Waals surface area contributed by atoms with E-state index in [1.807, 2.05) is 33.8 Å². The highest BCUT2D eigenvalue weighted by molar-refractivity contribution is 5.97. The predicted molar refractivity (Wildman–Crippen MR) is 90.7 cm³/mol. The summed E-state index contributed by atoms with van der Waals surface area (Å²) in [7, 11) is 0. The molecule has 2 rings (SSSR count). The van der Waals surface area contributed by atoms with Crippen molar-refractivity contribution in [3.63, 3.8) is 0 Å². The van der Waals surface area contributed by atoms with Crippen molar-refractivity contribution in [1.29, 1.82) is 0 Å². The molecule has 2 aromatic heterocycles. The number of carbonyl (C=O) groups excluding carboxylic acids is 2. The summed E-state index contributed by atoms with van der Waals surface area (Å²) in [6, 6.07) is 4.63. The van der Waals surface area contributed by atoms with Gasteiger partial charge >= 0.3 is 0 Å². The molecule has 0 aliphatic carbocycles. The first-order valence-corrected chi connectivity index (χ1v) is 7.93. The van der Waals surface area contributed by atoms with Crippen LogP contribution in [0.1, 0.15) is 42.0 Å². The van der Waals surface area contributed by atoms with Gasteiger partial charge in [-0.1, -0.05) is 20.3 Å². The van der Waals surface area contributed by atoms with E-state index in [2.05, 4.69) is 15.4 Å². The fourth-order valence-electron chi connectivity index (χ4n) is 2.46. The molecule has 0 bridgehead atoms. The SMILES string of the molecule is CCC(C)C(NC(=O)c1ccc(-n2nc(C)cc2C)nc1)C(N)=O. The van der Waals surface area contributed by atoms with Crippen LogP contribution in [-0.4, -0.2) is 32.6 Å². The van der Waals surface area contributed by atoms with Crippen LogP contribution in [0.4, 0.5) is 0 Å². The standard InChI is InChI=1S/C17H23N5O2/c1-5-10(2)15(16(18)23)20-17(24)13-6-7-14(19-9-13)22-12(4)8-11(3)21-22/h6-10,15H,5H2,1-4H3,(H2,18,23)(H,20,24). The van der Waals surface area contributed by atoms with Gasteiger partial charge in [-0.3, -0.25) is 9.59 Å². The molecule has 24 heavy (non-hydrogen) atoms. The van der Waals surface area contributed by atoms with Gasteiger partial charge in [0.05, 0.1) is 11.3 Å². The molecule has 2 amide bonds. The van der Waals surface area contributed by atoms with Gasteiger partial charge in [0.1, 0.15) is 6.04 Å². The number of pyridine rings is 1. The smallest absolute Gasteiger partial charge is 0.253 e. The van der Waals surface area contributed by atoms with Gasteiger partial charge in [0.2, 0.25) is 5.91 Å². The van der Waals surface area contributed by atoms with Crippen LogP contribution in [0.2, 0.25) is 0 Å². The van der Waals surface area contributed by atoms with E-state index in [-0.39, 0.29) is 11.8 Å². The third-order valence-electron chi connectivity index (χ3n) is 4.04. The van der Waals surface area contributed by atoms with E-state index in [9.17, 15) is 9.59 Å². The van der Waals surface area contributed by atoms with Gasteiger partial charge in [-0.25, -0.2) is 9.67 Å². The number of amides is 2. The average molecular weight is 329 g/mol. The molecule has 0 spiro atoms. The highest BCUT2D eigenvalue weighted by Crippen LogP contribution is 2.12. The maximum absolute atomic E-state index is 12.3. The molecule has 0 saturated heterocycles. The zero-order valence-corrected chi connectivity index (χ0v) is 14.4. The van der Waals surface area contributed by atoms with Crippen LogP contribution in [0.3, 0.4) is 0 Å². The molecule has 0 fully saturated rings. The van der Waals surface area contributed by atoms with Crippen LogP contribution in [0, 0.1) is 19.8 Å². The van der Waals surface area contributed by atoms with Crippen LogP contribution in [-0.2, 0) is 4.79 Å². The summed E-state index contributed by atoms with van der Waals surface area (Å²) in [6.07, 6.45) is 2.21. The molecule has 2 unspecified atom stereocenters. The number of rotatable bonds is 6. The van der Waals surface area contributed by atoms with Crippen molar-refractivity contribution >= 4 is 11.8 Å². The summed E-state index contributed by atoms with van der Waals surface area (Å²) in [5.41, 5.74) is 7.61. The Balaban J connectivity index is 2.16. The number of nitrogens with two attached hydrogens (primary N) is 1. The molecular weight excluding hydrogens is 306 g/mol. The lowest BCUT2D eigenvalue weighted by Crippen LogP contribution is -2.48. The Morgan fingerprint density at radius 1 is 1.33 bits per heavy atom. The minimum absolute atomic E-state index is 0.0339. The van der Waals surface area contributed by atoms with Crippen molar-refractivity contribution in [3.05, 3.63) is 41.3 Å². The normalized spacial score (nSPS) is 13.3. The Labute approximate surface area is 141 Å². The van der Waals surface area contributed by atoms with E-state index in [1.165, 1.54) is 6.20 Å². The van der Waals surface area contributed by atoms with Gasteiger partial charge in [-0.05, 0) is 38.0 Å². The molecule has 128 valence electrons. The molecule has 2 atom stereocenters. The van der Waals surface area contributed by atoms with Crippen LogP contribution in [0.5, 0.6) is 0 Å². The second kappa shape index (κ2) is 7.25. The summed E-state index contributed by atoms with van der Waals surface area (Å²) in [6.45, 7) is 7.66. The largest absolute Gasteiger partial charge is 0.368 e. The lowest BCUT2D eigenvalue weighted by molar-refractivity contribution is -0.120. The highest BCUT2D eigenvalue weighted by atomic mass is 16.2. The van der Waals surface area contributed by atoms with E-state index < -0.39 is 11.9 Å². The van der Waals surface area contributed by atoms with Gasteiger partial charge in [0.15, 0.2) is 5.82 Å². The van der Waals surface area contributed by atoms with E-state index in [0.717, 1.165) is 17.8 Å². The predicted octanol–water partition coefficient (Wildman–Crippen LogP) is 1.51. The molecule has 0 aliphatic rings. The molecule has 0 saturated carbocycles. The van der Waals surface area contributed by atoms with Gasteiger partial charge in [0.25, 0.3) is 5.91 Å². The Bertz CT molecular complexity index is 736. The first-order chi connectivity index (χ1) is 11.3. The van der Waals surface area contributed by atoms with E-state index in [4.69, 9.17) is 5.73 Å². The number of hydrogen-bond acceptors (Lipinski definition) is 4. The minimum Gasteiger partial charge on any atom is -0.368 e. The topological polar surface area (TPSA) is 103 Å². The summed E-state index contributed by atoms with van der Waals surface area (Å²) >= 11 is 0. The van der Waals surface area contributed by atoms with Crippen molar-refractivity contribution < 1.29 is 9.59 Å². The van der Waals surface area contributed by atoms with E-state index in [0.29, 0.717) is 11.4 Å². The second-order valence-corrected chi connectivity index (χ2v) is 5.98. The fourth-order valence-corrected chi connectivity index (χ4v) is 2.46. The first-order valence-electron chi connectivity index (χ1n) is 7.93. The number of nitrogens with zero attached hydrogens (tertiary/aromatic N) is 3. The Morgan fingerprint density at radius 3 is 2.50 bits per heavy atom. The molecule has 7 heteroatoms. The summed E-state index contributed by atoms with van der Waals surface area (Å²) < 4.78 is 1.71. The molecule has 2 aromatic rings. The molecule has 0 aromatic carbocycles. The maximum Gasteiger partial charge on any atom is 0.253 e. The lowest BCUT2D eigenvalue weighted by Gasteiger charge is -2.21. The molecule has 7 nitrogen and oxygen atoms in total.